The first-order valence-electron chi connectivity index (χ1n) is 15.4. The molecule has 4 fully saturated rings. The predicted molar refractivity (Wildman–Crippen MR) is 161 cm³/mol. The number of hydrogen-bond acceptors (Lipinski definition) is 5. The highest BCUT2D eigenvalue weighted by Gasteiger charge is 2.53. The number of hydrogen-bond donors (Lipinski definition) is 3. The van der Waals surface area contributed by atoms with E-state index in [0.717, 1.165) is 41.8 Å². The van der Waals surface area contributed by atoms with E-state index in [4.69, 9.17) is 4.98 Å². The van der Waals surface area contributed by atoms with Crippen LogP contribution in [0.4, 0.5) is 0 Å². The number of nitrogens with zero attached hydrogens (tertiary/aromatic N) is 1. The van der Waals surface area contributed by atoms with Gasteiger partial charge in [-0.05, 0) is 98.5 Å². The predicted octanol–water partition coefficient (Wildman–Crippen LogP) is 7.21. The van der Waals surface area contributed by atoms with Crippen molar-refractivity contribution in [1.29, 1.82) is 0 Å². The van der Waals surface area contributed by atoms with E-state index in [-0.39, 0.29) is 10.8 Å². The zero-order valence-electron chi connectivity index (χ0n) is 24.2. The van der Waals surface area contributed by atoms with Gasteiger partial charge in [0.1, 0.15) is 5.01 Å². The van der Waals surface area contributed by atoms with Crippen LogP contribution in [0.3, 0.4) is 0 Å². The van der Waals surface area contributed by atoms with Gasteiger partial charge in [0.05, 0.1) is 29.4 Å². The molecule has 1 heterocycles. The molecule has 5 heteroatoms. The first-order valence-corrected chi connectivity index (χ1v) is 16.3. The Kier molecular flexibility index (Phi) is 8.74. The third-order valence-electron chi connectivity index (χ3n) is 10.7. The molecule has 0 aromatic carbocycles. The molecule has 0 unspecified atom stereocenters. The van der Waals surface area contributed by atoms with E-state index in [1.807, 2.05) is 0 Å². The molecule has 0 spiro atoms. The fourth-order valence-electron chi connectivity index (χ4n) is 7.99. The second-order valence-electron chi connectivity index (χ2n) is 13.3. The molecule has 4 nitrogen and oxygen atoms in total. The summed E-state index contributed by atoms with van der Waals surface area (Å²) in [4.78, 5) is 4.93. The topological polar surface area (TPSA) is 73.6 Å². The first kappa shape index (κ1) is 29.0. The van der Waals surface area contributed by atoms with Crippen molar-refractivity contribution in [3.63, 3.8) is 0 Å². The second kappa shape index (κ2) is 11.8. The molecule has 3 N–H and O–H groups in total. The summed E-state index contributed by atoms with van der Waals surface area (Å²) in [5.41, 5.74) is 4.58. The molecule has 0 saturated heterocycles. The standard InChI is InChI=1S/C34H49NO3S/c1-5-6-9-26-21-39-32(35-26)34(17-18-34)31(38)15-10-22(2)28-13-14-29-24(8-7-16-33(28,29)4)11-12-25-19-27(36)20-30(37)23(25)3/h10-12,15,21-22,27-31,36-38H,3,5-9,13-14,16-20H2,1-2,4H3/b15-10+,24-11+,25-12-/t22-,27-,28-,29+,30+,31-,33-/m1/s1. The number of allylic oxidation sites excluding steroid dienone is 4. The van der Waals surface area contributed by atoms with Gasteiger partial charge >= 0.3 is 0 Å². The Morgan fingerprint density at radius 1 is 1.18 bits per heavy atom. The monoisotopic (exact) mass is 551 g/mol. The molecule has 0 amide bonds. The van der Waals surface area contributed by atoms with Gasteiger partial charge < -0.3 is 15.3 Å². The molecule has 1 aromatic heterocycles. The maximum Gasteiger partial charge on any atom is 0.102 e. The third kappa shape index (κ3) is 5.80. The Bertz CT molecular complexity index is 1130. The zero-order valence-corrected chi connectivity index (χ0v) is 25.1. The third-order valence-corrected chi connectivity index (χ3v) is 11.8. The first-order chi connectivity index (χ1) is 18.7. The molecule has 0 bridgehead atoms. The summed E-state index contributed by atoms with van der Waals surface area (Å²) < 4.78 is 0. The maximum absolute atomic E-state index is 11.3. The smallest absolute Gasteiger partial charge is 0.102 e. The average molecular weight is 552 g/mol. The van der Waals surface area contributed by atoms with Crippen LogP contribution in [0.1, 0.15) is 102 Å². The van der Waals surface area contributed by atoms with E-state index < -0.39 is 18.3 Å². The number of fused-ring (bicyclic) bond motifs is 1. The van der Waals surface area contributed by atoms with Gasteiger partial charge in [0.15, 0.2) is 0 Å². The lowest BCUT2D eigenvalue weighted by atomic mass is 9.61. The van der Waals surface area contributed by atoms with Crippen molar-refractivity contribution >= 4 is 11.3 Å². The van der Waals surface area contributed by atoms with E-state index >= 15 is 0 Å². The number of aliphatic hydroxyl groups excluding tert-OH is 3. The van der Waals surface area contributed by atoms with Crippen molar-refractivity contribution < 1.29 is 15.3 Å². The number of aliphatic hydroxyl groups is 3. The Morgan fingerprint density at radius 3 is 2.72 bits per heavy atom. The highest BCUT2D eigenvalue weighted by Crippen LogP contribution is 2.60. The van der Waals surface area contributed by atoms with Crippen LogP contribution in [0.25, 0.3) is 0 Å². The summed E-state index contributed by atoms with van der Waals surface area (Å²) in [5, 5.41) is 35.0. The molecule has 4 aliphatic carbocycles. The fraction of sp³-hybridized carbons (Fsp3) is 0.676. The fourth-order valence-corrected chi connectivity index (χ4v) is 9.13. The van der Waals surface area contributed by atoms with Crippen LogP contribution in [-0.4, -0.2) is 38.6 Å². The minimum atomic E-state index is -0.637. The molecular formula is C34H49NO3S. The zero-order chi connectivity index (χ0) is 27.8. The molecule has 4 saturated carbocycles. The Morgan fingerprint density at radius 2 is 1.97 bits per heavy atom. The van der Waals surface area contributed by atoms with E-state index in [9.17, 15) is 15.3 Å². The van der Waals surface area contributed by atoms with Crippen LogP contribution in [-0.2, 0) is 11.8 Å². The van der Waals surface area contributed by atoms with Crippen LogP contribution < -0.4 is 0 Å². The quantitative estimate of drug-likeness (QED) is 0.284. The van der Waals surface area contributed by atoms with E-state index in [2.05, 4.69) is 57.0 Å². The van der Waals surface area contributed by atoms with Crippen molar-refractivity contribution in [1.82, 2.24) is 4.98 Å². The van der Waals surface area contributed by atoms with Gasteiger partial charge in [0.25, 0.3) is 0 Å². The molecule has 1 aromatic rings. The van der Waals surface area contributed by atoms with E-state index in [0.29, 0.717) is 30.6 Å². The maximum atomic E-state index is 11.3. The van der Waals surface area contributed by atoms with Gasteiger partial charge in [-0.1, -0.05) is 63.6 Å². The SMILES string of the molecule is C=C1/C(=C\C=C2/CCC[C@]3(C)[C@@H]([C@H](C)/C=C/[C@@H](O)C4(c5nc(CCCC)cs5)CC4)CC[C@@H]23)C[C@@H](O)C[C@@H]1O. The number of aryl methyl sites for hydroxylation is 1. The summed E-state index contributed by atoms with van der Waals surface area (Å²) in [7, 11) is 0. The van der Waals surface area contributed by atoms with Gasteiger partial charge in [-0.3, -0.25) is 0 Å². The molecule has 39 heavy (non-hydrogen) atoms. The van der Waals surface area contributed by atoms with E-state index in [1.165, 1.54) is 49.8 Å². The largest absolute Gasteiger partial charge is 0.393 e. The lowest BCUT2D eigenvalue weighted by Crippen LogP contribution is -2.35. The minimum absolute atomic E-state index is 0.161. The van der Waals surface area contributed by atoms with Gasteiger partial charge in [0, 0.05) is 11.8 Å². The summed E-state index contributed by atoms with van der Waals surface area (Å²) in [6.45, 7) is 11.2. The van der Waals surface area contributed by atoms with Crippen LogP contribution in [0, 0.1) is 23.2 Å². The molecule has 0 radical (unpaired) electrons. The van der Waals surface area contributed by atoms with Crippen LogP contribution in [0.2, 0.25) is 0 Å². The average Bonchev–Trinajstić information content (AvgIpc) is 3.44. The van der Waals surface area contributed by atoms with Crippen LogP contribution in [0.15, 0.2) is 53.0 Å². The Balaban J connectivity index is 1.26. The van der Waals surface area contributed by atoms with Gasteiger partial charge in [0.2, 0.25) is 0 Å². The van der Waals surface area contributed by atoms with Crippen molar-refractivity contribution in [3.05, 3.63) is 63.7 Å². The number of aromatic nitrogens is 1. The number of unbranched alkanes of at least 4 members (excludes halogenated alkanes) is 1. The Hall–Kier alpha value is -1.53. The molecule has 5 rings (SSSR count). The van der Waals surface area contributed by atoms with Crippen LogP contribution in [0.5, 0.6) is 0 Å². The molecule has 4 aliphatic rings. The summed E-state index contributed by atoms with van der Waals surface area (Å²) >= 11 is 1.74. The second-order valence-corrected chi connectivity index (χ2v) is 14.1. The van der Waals surface area contributed by atoms with Crippen molar-refractivity contribution in [2.45, 2.75) is 122 Å². The van der Waals surface area contributed by atoms with Gasteiger partial charge in [-0.25, -0.2) is 4.98 Å². The van der Waals surface area contributed by atoms with Crippen molar-refractivity contribution in [2.75, 3.05) is 0 Å². The lowest BCUT2D eigenvalue weighted by Gasteiger charge is -2.44. The van der Waals surface area contributed by atoms with Gasteiger partial charge in [-0.15, -0.1) is 11.3 Å². The summed E-state index contributed by atoms with van der Waals surface area (Å²) in [6.07, 6.45) is 19.7. The molecular weight excluding hydrogens is 502 g/mol. The molecule has 0 aliphatic heterocycles. The minimum Gasteiger partial charge on any atom is -0.393 e. The summed E-state index contributed by atoms with van der Waals surface area (Å²) in [6, 6.07) is 0. The van der Waals surface area contributed by atoms with Crippen molar-refractivity contribution in [2.24, 2.45) is 23.2 Å². The molecule has 214 valence electrons. The normalized spacial score (nSPS) is 36.0. The molecule has 7 atom stereocenters. The van der Waals surface area contributed by atoms with Gasteiger partial charge in [-0.2, -0.15) is 0 Å². The van der Waals surface area contributed by atoms with E-state index in [1.54, 1.807) is 11.3 Å². The lowest BCUT2D eigenvalue weighted by molar-refractivity contribution is 0.0862. The highest BCUT2D eigenvalue weighted by molar-refractivity contribution is 7.09. The summed E-state index contributed by atoms with van der Waals surface area (Å²) in [5.74, 6) is 1.60. The van der Waals surface area contributed by atoms with Crippen LogP contribution >= 0.6 is 11.3 Å². The Labute approximate surface area is 239 Å². The number of rotatable bonds is 9. The number of thiazole rings is 1. The highest BCUT2D eigenvalue weighted by atomic mass is 32.1. The van der Waals surface area contributed by atoms with Crippen molar-refractivity contribution in [3.8, 4) is 0 Å².